The molecule has 4 aliphatic carbocycles. The van der Waals surface area contributed by atoms with Gasteiger partial charge in [0.1, 0.15) is 5.60 Å². The molecule has 0 spiro atoms. The number of carbonyl (C=O) groups is 1. The van der Waals surface area contributed by atoms with Crippen LogP contribution >= 0.6 is 0 Å². The number of hydrogen-bond acceptors (Lipinski definition) is 2. The van der Waals surface area contributed by atoms with Gasteiger partial charge in [-0.1, -0.05) is 12.7 Å². The van der Waals surface area contributed by atoms with E-state index in [1.165, 1.54) is 38.2 Å². The Morgan fingerprint density at radius 2 is 1.67 bits per heavy atom. The Labute approximate surface area is 109 Å². The van der Waals surface area contributed by atoms with Gasteiger partial charge in [-0.25, -0.2) is 4.79 Å². The van der Waals surface area contributed by atoms with E-state index in [0.29, 0.717) is 11.8 Å². The van der Waals surface area contributed by atoms with Crippen molar-refractivity contribution >= 4 is 5.97 Å². The van der Waals surface area contributed by atoms with Crippen molar-refractivity contribution < 1.29 is 9.53 Å². The van der Waals surface area contributed by atoms with Gasteiger partial charge in [0.05, 0.1) is 0 Å². The van der Waals surface area contributed by atoms with Crippen LogP contribution in [0.4, 0.5) is 0 Å². The highest BCUT2D eigenvalue weighted by molar-refractivity contribution is 5.81. The molecule has 4 rings (SSSR count). The van der Waals surface area contributed by atoms with Crippen LogP contribution in [0, 0.1) is 23.7 Å². The van der Waals surface area contributed by atoms with Crippen molar-refractivity contribution in [1.82, 2.24) is 0 Å². The lowest BCUT2D eigenvalue weighted by Crippen LogP contribution is -2.59. The molecule has 0 N–H and O–H groups in total. The number of esters is 1. The third kappa shape index (κ3) is 1.65. The van der Waals surface area contributed by atoms with Gasteiger partial charge >= 0.3 is 5.97 Å². The highest BCUT2D eigenvalue weighted by atomic mass is 16.6. The Bertz CT molecular complexity index is 355. The molecule has 4 saturated carbocycles. The normalized spacial score (nSPS) is 44.7. The minimum Gasteiger partial charge on any atom is -0.455 e. The van der Waals surface area contributed by atoms with Crippen LogP contribution in [0.25, 0.3) is 0 Å². The molecule has 0 aromatic heterocycles. The van der Waals surface area contributed by atoms with Crippen molar-refractivity contribution in [2.24, 2.45) is 23.7 Å². The third-order valence-corrected chi connectivity index (χ3v) is 5.44. The van der Waals surface area contributed by atoms with E-state index in [2.05, 4.69) is 13.2 Å². The van der Waals surface area contributed by atoms with Crippen molar-refractivity contribution in [3.8, 4) is 0 Å². The Kier molecular flexibility index (Phi) is 2.84. The maximum Gasteiger partial charge on any atom is 0.330 e. The number of ether oxygens (including phenoxy) is 1. The summed E-state index contributed by atoms with van der Waals surface area (Å²) in [5.41, 5.74) is -0.263. The van der Waals surface area contributed by atoms with Crippen LogP contribution in [0.2, 0.25) is 0 Å². The quantitative estimate of drug-likeness (QED) is 0.431. The largest absolute Gasteiger partial charge is 0.455 e. The first kappa shape index (κ1) is 12.0. The van der Waals surface area contributed by atoms with Crippen LogP contribution < -0.4 is 0 Å². The fraction of sp³-hybridized carbons (Fsp3) is 0.688. The number of hydrogen-bond donors (Lipinski definition) is 0. The molecule has 2 heteroatoms. The molecule has 4 fully saturated rings. The molecular formula is C16H22O2. The average Bonchev–Trinajstić information content (AvgIpc) is 2.35. The smallest absolute Gasteiger partial charge is 0.330 e. The zero-order valence-electron chi connectivity index (χ0n) is 10.9. The van der Waals surface area contributed by atoms with Gasteiger partial charge < -0.3 is 4.74 Å². The maximum absolute atomic E-state index is 11.7. The molecule has 0 aromatic carbocycles. The Morgan fingerprint density at radius 3 is 2.11 bits per heavy atom. The first-order valence-electron chi connectivity index (χ1n) is 7.14. The van der Waals surface area contributed by atoms with Crippen molar-refractivity contribution in [1.29, 1.82) is 0 Å². The van der Waals surface area contributed by atoms with Gasteiger partial charge in [-0.2, -0.15) is 0 Å². The fourth-order valence-corrected chi connectivity index (χ4v) is 4.98. The number of rotatable bonds is 4. The summed E-state index contributed by atoms with van der Waals surface area (Å²) in [6, 6.07) is 0. The van der Waals surface area contributed by atoms with E-state index in [0.717, 1.165) is 18.3 Å². The Hall–Kier alpha value is -1.05. The van der Waals surface area contributed by atoms with E-state index in [9.17, 15) is 4.79 Å². The lowest BCUT2D eigenvalue weighted by Gasteiger charge is -2.60. The monoisotopic (exact) mass is 246 g/mol. The van der Waals surface area contributed by atoms with Crippen molar-refractivity contribution in [3.05, 3.63) is 25.3 Å². The zero-order valence-corrected chi connectivity index (χ0v) is 10.9. The molecule has 98 valence electrons. The molecular weight excluding hydrogens is 224 g/mol. The van der Waals surface area contributed by atoms with Gasteiger partial charge in [0.2, 0.25) is 0 Å². The number of carbonyl (C=O) groups excluding carboxylic acids is 1. The highest BCUT2D eigenvalue weighted by Crippen LogP contribution is 2.60. The molecule has 0 saturated heterocycles. The highest BCUT2D eigenvalue weighted by Gasteiger charge is 2.58. The summed E-state index contributed by atoms with van der Waals surface area (Å²) in [7, 11) is 0. The summed E-state index contributed by atoms with van der Waals surface area (Å²) >= 11 is 0. The molecule has 18 heavy (non-hydrogen) atoms. The predicted molar refractivity (Wildman–Crippen MR) is 70.9 cm³/mol. The van der Waals surface area contributed by atoms with Gasteiger partial charge in [0, 0.05) is 12.5 Å². The molecule has 0 atom stereocenters. The molecule has 4 bridgehead atoms. The summed E-state index contributed by atoms with van der Waals surface area (Å²) in [5.74, 6) is 2.61. The van der Waals surface area contributed by atoms with Crippen molar-refractivity contribution in [2.75, 3.05) is 0 Å². The summed E-state index contributed by atoms with van der Waals surface area (Å²) < 4.78 is 5.88. The van der Waals surface area contributed by atoms with Crippen LogP contribution in [0.3, 0.4) is 0 Å². The average molecular weight is 246 g/mol. The topological polar surface area (TPSA) is 26.3 Å². The molecule has 0 aliphatic heterocycles. The SMILES string of the molecule is C=CCC1(OC(=O)C=C)C2CC3CC(C2)CC1C3. The minimum absolute atomic E-state index is 0.260. The molecule has 2 nitrogen and oxygen atoms in total. The molecule has 0 aromatic rings. The van der Waals surface area contributed by atoms with Gasteiger partial charge in [0.25, 0.3) is 0 Å². The van der Waals surface area contributed by atoms with E-state index in [1.54, 1.807) is 0 Å². The van der Waals surface area contributed by atoms with Gasteiger partial charge in [-0.3, -0.25) is 0 Å². The molecule has 0 amide bonds. The van der Waals surface area contributed by atoms with Crippen LogP contribution in [0.5, 0.6) is 0 Å². The van der Waals surface area contributed by atoms with Gasteiger partial charge in [-0.15, -0.1) is 6.58 Å². The van der Waals surface area contributed by atoms with Crippen LogP contribution in [-0.4, -0.2) is 11.6 Å². The predicted octanol–water partition coefficient (Wildman–Crippen LogP) is 3.49. The lowest BCUT2D eigenvalue weighted by molar-refractivity contribution is -0.204. The minimum atomic E-state index is -0.263. The van der Waals surface area contributed by atoms with Crippen LogP contribution in [-0.2, 0) is 9.53 Å². The van der Waals surface area contributed by atoms with E-state index in [4.69, 9.17) is 4.74 Å². The molecule has 0 heterocycles. The summed E-state index contributed by atoms with van der Waals surface area (Å²) in [6.45, 7) is 7.41. The van der Waals surface area contributed by atoms with E-state index < -0.39 is 0 Å². The van der Waals surface area contributed by atoms with E-state index in [1.807, 2.05) is 6.08 Å². The summed E-state index contributed by atoms with van der Waals surface area (Å²) in [4.78, 5) is 11.7. The zero-order chi connectivity index (χ0) is 12.8. The second kappa shape index (κ2) is 4.25. The molecule has 0 radical (unpaired) electrons. The van der Waals surface area contributed by atoms with Gasteiger partial charge in [0.15, 0.2) is 0 Å². The Morgan fingerprint density at radius 1 is 1.11 bits per heavy atom. The first-order chi connectivity index (χ1) is 8.68. The standard InChI is InChI=1S/C16H22O2/c1-3-5-16(18-15(17)4-2)13-7-11-6-12(9-13)10-14(16)8-11/h3-4,11-14H,1-2,5-10H2. The van der Waals surface area contributed by atoms with Crippen LogP contribution in [0.15, 0.2) is 25.3 Å². The molecule has 4 aliphatic rings. The fourth-order valence-electron chi connectivity index (χ4n) is 4.98. The Balaban J connectivity index is 1.91. The van der Waals surface area contributed by atoms with Crippen LogP contribution in [0.1, 0.15) is 38.5 Å². The molecule has 0 unspecified atom stereocenters. The second-order valence-electron chi connectivity index (χ2n) is 6.38. The first-order valence-corrected chi connectivity index (χ1v) is 7.14. The van der Waals surface area contributed by atoms with Crippen molar-refractivity contribution in [2.45, 2.75) is 44.1 Å². The third-order valence-electron chi connectivity index (χ3n) is 5.44. The van der Waals surface area contributed by atoms with E-state index >= 15 is 0 Å². The second-order valence-corrected chi connectivity index (χ2v) is 6.38. The van der Waals surface area contributed by atoms with Crippen molar-refractivity contribution in [3.63, 3.8) is 0 Å². The summed E-state index contributed by atoms with van der Waals surface area (Å²) in [6.07, 6.45) is 10.4. The lowest BCUT2D eigenvalue weighted by atomic mass is 9.49. The maximum atomic E-state index is 11.7. The van der Waals surface area contributed by atoms with Gasteiger partial charge in [-0.05, 0) is 55.8 Å². The van der Waals surface area contributed by atoms with E-state index in [-0.39, 0.29) is 11.6 Å². The summed E-state index contributed by atoms with van der Waals surface area (Å²) in [5, 5.41) is 0.